The third kappa shape index (κ3) is 6.28. The van der Waals surface area contributed by atoms with Crippen LogP contribution in [0.15, 0.2) is 70.4 Å². The molecule has 4 heterocycles. The maximum Gasteiger partial charge on any atom is 0.302 e. The van der Waals surface area contributed by atoms with Gasteiger partial charge in [0.25, 0.3) is 5.91 Å². The number of hydrazone groups is 1. The Morgan fingerprint density at radius 3 is 2.72 bits per heavy atom. The molecule has 0 spiro atoms. The number of amides is 2. The highest BCUT2D eigenvalue weighted by atomic mass is 35.5. The van der Waals surface area contributed by atoms with Crippen LogP contribution >= 0.6 is 35.8 Å². The summed E-state index contributed by atoms with van der Waals surface area (Å²) >= 11 is 7.24. The van der Waals surface area contributed by atoms with Crippen LogP contribution in [0, 0.1) is 5.92 Å². The summed E-state index contributed by atoms with van der Waals surface area (Å²) < 4.78 is 5.43. The van der Waals surface area contributed by atoms with Gasteiger partial charge in [0.2, 0.25) is 0 Å². The topological polar surface area (TPSA) is 86.6 Å². The molecule has 2 aromatic rings. The third-order valence-electron chi connectivity index (χ3n) is 6.83. The maximum atomic E-state index is 12.8. The number of halogens is 2. The lowest BCUT2D eigenvalue weighted by Gasteiger charge is -2.27. The van der Waals surface area contributed by atoms with Crippen molar-refractivity contribution in [1.29, 1.82) is 0 Å². The van der Waals surface area contributed by atoms with Crippen molar-refractivity contribution in [2.24, 2.45) is 16.0 Å². The average Bonchev–Trinajstić information content (AvgIpc) is 3.50. The molecule has 0 saturated carbocycles. The van der Waals surface area contributed by atoms with E-state index in [1.54, 1.807) is 0 Å². The minimum atomic E-state index is -0.155. The number of benzene rings is 2. The highest BCUT2D eigenvalue weighted by molar-refractivity contribution is 8.14. The SMILES string of the molecule is Cl.O=C1Nc2ccc(CN3N=C(c4ccc(Cl)cc4)CSC3=O)cc2C1=CC1=CC(CN2CCOCC2)C=N1. The summed E-state index contributed by atoms with van der Waals surface area (Å²) in [4.78, 5) is 32.4. The Kier molecular flexibility index (Phi) is 8.54. The fraction of sp³-hybridized carbons (Fsp3) is 0.286. The van der Waals surface area contributed by atoms with Gasteiger partial charge in [0.1, 0.15) is 0 Å². The highest BCUT2D eigenvalue weighted by Crippen LogP contribution is 2.35. The molecular weight excluding hydrogens is 557 g/mol. The van der Waals surface area contributed by atoms with E-state index in [9.17, 15) is 9.59 Å². The molecule has 8 nitrogen and oxygen atoms in total. The molecule has 1 fully saturated rings. The van der Waals surface area contributed by atoms with Gasteiger partial charge in [0.05, 0.1) is 36.7 Å². The number of fused-ring (bicyclic) bond motifs is 1. The molecule has 1 N–H and O–H groups in total. The molecule has 4 aliphatic heterocycles. The van der Waals surface area contributed by atoms with Gasteiger partial charge in [0, 0.05) is 53.8 Å². The van der Waals surface area contributed by atoms with Gasteiger partial charge >= 0.3 is 5.24 Å². The van der Waals surface area contributed by atoms with Gasteiger partial charge in [-0.15, -0.1) is 12.4 Å². The largest absolute Gasteiger partial charge is 0.379 e. The van der Waals surface area contributed by atoms with Crippen LogP contribution in [0.2, 0.25) is 5.02 Å². The lowest BCUT2D eigenvalue weighted by Crippen LogP contribution is -2.39. The molecule has 39 heavy (non-hydrogen) atoms. The van der Waals surface area contributed by atoms with Gasteiger partial charge in [-0.1, -0.05) is 41.6 Å². The number of nitrogens with zero attached hydrogens (tertiary/aromatic N) is 4. The summed E-state index contributed by atoms with van der Waals surface area (Å²) in [6.45, 7) is 4.58. The van der Waals surface area contributed by atoms with E-state index in [1.807, 2.05) is 54.8 Å². The van der Waals surface area contributed by atoms with Gasteiger partial charge in [-0.05, 0) is 47.5 Å². The van der Waals surface area contributed by atoms with Crippen LogP contribution in [-0.4, -0.2) is 71.6 Å². The van der Waals surface area contributed by atoms with Crippen molar-refractivity contribution in [3.8, 4) is 0 Å². The Morgan fingerprint density at radius 1 is 1.13 bits per heavy atom. The Hall–Kier alpha value is -2.95. The minimum Gasteiger partial charge on any atom is -0.379 e. The lowest BCUT2D eigenvalue weighted by atomic mass is 10.0. The number of aliphatic imine (C=N–C) groups is 1. The molecule has 0 aliphatic carbocycles. The summed E-state index contributed by atoms with van der Waals surface area (Å²) in [5, 5.41) is 9.59. The number of hydrogen-bond acceptors (Lipinski definition) is 7. The second kappa shape index (κ2) is 12.1. The molecule has 1 saturated heterocycles. The summed E-state index contributed by atoms with van der Waals surface area (Å²) in [5.41, 5.74) is 5.55. The zero-order valence-corrected chi connectivity index (χ0v) is 23.4. The first-order valence-electron chi connectivity index (χ1n) is 12.5. The van der Waals surface area contributed by atoms with Crippen LogP contribution in [0.25, 0.3) is 5.57 Å². The number of hydrogen-bond donors (Lipinski definition) is 1. The van der Waals surface area contributed by atoms with Crippen molar-refractivity contribution in [2.75, 3.05) is 43.9 Å². The normalized spacial score (nSPS) is 21.9. The monoisotopic (exact) mass is 583 g/mol. The summed E-state index contributed by atoms with van der Waals surface area (Å²) in [6, 6.07) is 13.2. The molecule has 11 heteroatoms. The zero-order chi connectivity index (χ0) is 26.1. The summed E-state index contributed by atoms with van der Waals surface area (Å²) in [7, 11) is 0. The smallest absolute Gasteiger partial charge is 0.302 e. The van der Waals surface area contributed by atoms with E-state index in [1.165, 1.54) is 16.8 Å². The van der Waals surface area contributed by atoms with Crippen molar-refractivity contribution in [2.45, 2.75) is 6.54 Å². The van der Waals surface area contributed by atoms with Crippen molar-refractivity contribution in [3.05, 3.63) is 82.0 Å². The molecule has 1 unspecified atom stereocenters. The molecule has 2 amide bonds. The van der Waals surface area contributed by atoms with Crippen LogP contribution in [0.5, 0.6) is 0 Å². The van der Waals surface area contributed by atoms with Crippen LogP contribution < -0.4 is 5.32 Å². The van der Waals surface area contributed by atoms with E-state index < -0.39 is 0 Å². The molecule has 2 aromatic carbocycles. The molecule has 202 valence electrons. The number of thioether (sulfide) groups is 1. The first-order valence-corrected chi connectivity index (χ1v) is 13.9. The van der Waals surface area contributed by atoms with Gasteiger partial charge in [-0.3, -0.25) is 19.5 Å². The van der Waals surface area contributed by atoms with Gasteiger partial charge in [-0.25, -0.2) is 5.01 Å². The Labute approximate surface area is 242 Å². The fourth-order valence-electron chi connectivity index (χ4n) is 4.86. The molecule has 1 atom stereocenters. The quantitative estimate of drug-likeness (QED) is 0.479. The number of rotatable bonds is 6. The van der Waals surface area contributed by atoms with Crippen LogP contribution in [0.3, 0.4) is 0 Å². The van der Waals surface area contributed by atoms with E-state index in [0.29, 0.717) is 22.9 Å². The maximum absolute atomic E-state index is 12.8. The first kappa shape index (κ1) is 27.6. The van der Waals surface area contributed by atoms with E-state index >= 15 is 0 Å². The Balaban J connectivity index is 0.00000308. The number of carbonyl (C=O) groups is 2. The van der Waals surface area contributed by atoms with Crippen LogP contribution in [-0.2, 0) is 16.1 Å². The van der Waals surface area contributed by atoms with E-state index in [2.05, 4.69) is 26.4 Å². The average molecular weight is 585 g/mol. The molecule has 0 aromatic heterocycles. The Bertz CT molecular complexity index is 1400. The second-order valence-electron chi connectivity index (χ2n) is 9.50. The van der Waals surface area contributed by atoms with E-state index in [0.717, 1.165) is 66.6 Å². The predicted molar refractivity (Wildman–Crippen MR) is 159 cm³/mol. The van der Waals surface area contributed by atoms with E-state index in [4.69, 9.17) is 16.3 Å². The van der Waals surface area contributed by atoms with Crippen molar-refractivity contribution < 1.29 is 14.3 Å². The van der Waals surface area contributed by atoms with Crippen molar-refractivity contribution in [3.63, 3.8) is 0 Å². The number of morpholine rings is 1. The number of nitrogens with one attached hydrogen (secondary N) is 1. The first-order chi connectivity index (χ1) is 18.5. The van der Waals surface area contributed by atoms with Crippen LogP contribution in [0.1, 0.15) is 16.7 Å². The minimum absolute atomic E-state index is 0. The van der Waals surface area contributed by atoms with Gasteiger partial charge in [-0.2, -0.15) is 5.10 Å². The Morgan fingerprint density at radius 2 is 1.92 bits per heavy atom. The second-order valence-corrected chi connectivity index (χ2v) is 10.9. The van der Waals surface area contributed by atoms with Crippen LogP contribution in [0.4, 0.5) is 10.5 Å². The molecule has 0 bridgehead atoms. The number of anilines is 1. The molecule has 0 radical (unpaired) electrons. The summed E-state index contributed by atoms with van der Waals surface area (Å²) in [5.74, 6) is 0.567. The zero-order valence-electron chi connectivity index (χ0n) is 21.0. The predicted octanol–water partition coefficient (Wildman–Crippen LogP) is 5.09. The highest BCUT2D eigenvalue weighted by Gasteiger charge is 2.27. The summed E-state index contributed by atoms with van der Waals surface area (Å²) in [6.07, 6.45) is 5.90. The number of carbonyl (C=O) groups excluding carboxylic acids is 2. The fourth-order valence-corrected chi connectivity index (χ4v) is 5.72. The molecule has 4 aliphatic rings. The molecule has 6 rings (SSSR count). The van der Waals surface area contributed by atoms with Gasteiger partial charge < -0.3 is 10.1 Å². The standard InChI is InChI=1S/C28H26ClN5O3S.ClH/c29-21-4-2-20(3-5-21)26-17-38-28(36)34(32-26)16-18-1-6-25-23(12-18)24(27(35)31-25)13-22-11-19(14-30-22)15-33-7-9-37-10-8-33;/h1-6,11-14,19H,7-10,15-17H2,(H,31,35);1H. The van der Waals surface area contributed by atoms with Gasteiger partial charge in [0.15, 0.2) is 0 Å². The number of ether oxygens (including phenoxy) is 1. The number of allylic oxidation sites excluding steroid dienone is 1. The van der Waals surface area contributed by atoms with Crippen molar-refractivity contribution in [1.82, 2.24) is 9.91 Å². The molecular formula is C28H27Cl2N5O3S. The van der Waals surface area contributed by atoms with E-state index in [-0.39, 0.29) is 29.5 Å². The van der Waals surface area contributed by atoms with Crippen molar-refractivity contribution >= 4 is 70.1 Å². The lowest BCUT2D eigenvalue weighted by molar-refractivity contribution is -0.110. The third-order valence-corrected chi connectivity index (χ3v) is 7.95.